The molecule has 1 rings (SSSR count). The van der Waals surface area contributed by atoms with Crippen molar-refractivity contribution in [2.24, 2.45) is 5.73 Å². The lowest BCUT2D eigenvalue weighted by Crippen LogP contribution is -2.22. The normalized spacial score (nSPS) is 12.8. The van der Waals surface area contributed by atoms with Gasteiger partial charge < -0.3 is 10.3 Å². The molecule has 0 spiro atoms. The molecule has 0 aliphatic heterocycles. The zero-order chi connectivity index (χ0) is 9.14. The molecule has 4 heteroatoms. The molecule has 2 N–H and O–H groups in total. The molecular weight excluding hydrogens is 170 g/mol. The number of nitrogens with zero attached hydrogens (tertiary/aromatic N) is 2. The molecule has 1 unspecified atom stereocenters. The summed E-state index contributed by atoms with van der Waals surface area (Å²) in [5, 5.41) is 0. The lowest BCUT2D eigenvalue weighted by molar-refractivity contribution is 0.655. The van der Waals surface area contributed by atoms with Gasteiger partial charge in [0.05, 0.1) is 11.0 Å². The van der Waals surface area contributed by atoms with E-state index in [-0.39, 0.29) is 6.04 Å². The van der Waals surface area contributed by atoms with Crippen LogP contribution in [0.4, 0.5) is 0 Å². The largest absolute Gasteiger partial charge is 0.392 e. The van der Waals surface area contributed by atoms with Crippen LogP contribution in [-0.2, 0) is 6.42 Å². The summed E-state index contributed by atoms with van der Waals surface area (Å²) in [5.74, 6) is 1.02. The second kappa shape index (κ2) is 3.67. The SMILES string of the molecule is CCc1nccn1C(C)C(N)=S. The van der Waals surface area contributed by atoms with Gasteiger partial charge in [0.15, 0.2) is 0 Å². The van der Waals surface area contributed by atoms with Crippen LogP contribution < -0.4 is 5.73 Å². The highest BCUT2D eigenvalue weighted by molar-refractivity contribution is 7.80. The van der Waals surface area contributed by atoms with Crippen molar-refractivity contribution in [2.45, 2.75) is 26.3 Å². The Morgan fingerprint density at radius 1 is 1.83 bits per heavy atom. The summed E-state index contributed by atoms with van der Waals surface area (Å²) in [7, 11) is 0. The van der Waals surface area contributed by atoms with Crippen LogP contribution in [0.1, 0.15) is 25.7 Å². The van der Waals surface area contributed by atoms with Crippen LogP contribution in [0.3, 0.4) is 0 Å². The van der Waals surface area contributed by atoms with Crippen LogP contribution in [0, 0.1) is 0 Å². The minimum absolute atomic E-state index is 0.0671. The molecule has 0 saturated carbocycles. The maximum atomic E-state index is 5.53. The van der Waals surface area contributed by atoms with E-state index in [1.54, 1.807) is 6.20 Å². The second-order valence-corrected chi connectivity index (χ2v) is 3.15. The third-order valence-electron chi connectivity index (χ3n) is 1.89. The number of aromatic nitrogens is 2. The van der Waals surface area contributed by atoms with Gasteiger partial charge in [0.1, 0.15) is 5.82 Å². The first-order valence-corrected chi connectivity index (χ1v) is 4.38. The van der Waals surface area contributed by atoms with Crippen LogP contribution in [0.15, 0.2) is 12.4 Å². The first kappa shape index (κ1) is 9.19. The zero-order valence-corrected chi connectivity index (χ0v) is 8.14. The van der Waals surface area contributed by atoms with Crippen molar-refractivity contribution < 1.29 is 0 Å². The number of aryl methyl sites for hydroxylation is 1. The molecule has 1 heterocycles. The van der Waals surface area contributed by atoms with Gasteiger partial charge in [0.25, 0.3) is 0 Å². The molecule has 1 atom stereocenters. The lowest BCUT2D eigenvalue weighted by atomic mass is 10.3. The number of thiocarbonyl (C=S) groups is 1. The molecule has 1 aromatic rings. The summed E-state index contributed by atoms with van der Waals surface area (Å²) < 4.78 is 2.00. The lowest BCUT2D eigenvalue weighted by Gasteiger charge is -2.13. The second-order valence-electron chi connectivity index (χ2n) is 2.68. The van der Waals surface area contributed by atoms with Gasteiger partial charge in [-0.1, -0.05) is 19.1 Å². The molecule has 66 valence electrons. The van der Waals surface area contributed by atoms with Crippen LogP contribution in [0.2, 0.25) is 0 Å². The Morgan fingerprint density at radius 3 is 3.00 bits per heavy atom. The summed E-state index contributed by atoms with van der Waals surface area (Å²) >= 11 is 4.90. The van der Waals surface area contributed by atoms with Gasteiger partial charge in [0.2, 0.25) is 0 Å². The number of hydrogen-bond donors (Lipinski definition) is 1. The molecule has 0 amide bonds. The van der Waals surface area contributed by atoms with E-state index < -0.39 is 0 Å². The maximum absolute atomic E-state index is 5.53. The molecule has 0 radical (unpaired) electrons. The summed E-state index contributed by atoms with van der Waals surface area (Å²) in [6.07, 6.45) is 4.58. The highest BCUT2D eigenvalue weighted by Gasteiger charge is 2.09. The molecule has 0 bridgehead atoms. The first-order valence-electron chi connectivity index (χ1n) is 3.97. The smallest absolute Gasteiger partial charge is 0.108 e. The minimum atomic E-state index is 0.0671. The van der Waals surface area contributed by atoms with Gasteiger partial charge in [0, 0.05) is 18.8 Å². The fraction of sp³-hybridized carbons (Fsp3) is 0.500. The van der Waals surface area contributed by atoms with Crippen LogP contribution in [0.25, 0.3) is 0 Å². The molecule has 0 aliphatic rings. The Morgan fingerprint density at radius 2 is 2.50 bits per heavy atom. The van der Waals surface area contributed by atoms with Crippen molar-refractivity contribution in [3.8, 4) is 0 Å². The number of nitrogens with two attached hydrogens (primary N) is 1. The van der Waals surface area contributed by atoms with Gasteiger partial charge in [-0.15, -0.1) is 0 Å². The Kier molecular flexibility index (Phi) is 2.81. The van der Waals surface area contributed by atoms with Crippen molar-refractivity contribution in [2.75, 3.05) is 0 Å². The van der Waals surface area contributed by atoms with Crippen molar-refractivity contribution in [3.05, 3.63) is 18.2 Å². The van der Waals surface area contributed by atoms with E-state index in [2.05, 4.69) is 11.9 Å². The van der Waals surface area contributed by atoms with Gasteiger partial charge in [-0.2, -0.15) is 0 Å². The predicted molar refractivity (Wildman–Crippen MR) is 53.1 cm³/mol. The molecule has 0 fully saturated rings. The van der Waals surface area contributed by atoms with Gasteiger partial charge >= 0.3 is 0 Å². The van der Waals surface area contributed by atoms with E-state index in [1.165, 1.54) is 0 Å². The fourth-order valence-corrected chi connectivity index (χ4v) is 1.22. The Labute approximate surface area is 77.6 Å². The van der Waals surface area contributed by atoms with E-state index in [0.29, 0.717) is 4.99 Å². The summed E-state index contributed by atoms with van der Waals surface area (Å²) in [4.78, 5) is 4.69. The Bertz CT molecular complexity index is 280. The highest BCUT2D eigenvalue weighted by atomic mass is 32.1. The predicted octanol–water partition coefficient (Wildman–Crippen LogP) is 1.29. The van der Waals surface area contributed by atoms with E-state index in [0.717, 1.165) is 12.2 Å². The standard InChI is InChI=1S/C8H13N3S/c1-3-7-10-4-5-11(7)6(2)8(9)12/h4-6H,3H2,1-2H3,(H2,9,12). The quantitative estimate of drug-likeness (QED) is 0.718. The third kappa shape index (κ3) is 1.64. The molecular formula is C8H13N3S. The number of imidazole rings is 1. The molecule has 0 saturated heterocycles. The van der Waals surface area contributed by atoms with Crippen molar-refractivity contribution in [1.82, 2.24) is 9.55 Å². The first-order chi connectivity index (χ1) is 5.66. The van der Waals surface area contributed by atoms with Crippen LogP contribution >= 0.6 is 12.2 Å². The molecule has 0 aliphatic carbocycles. The minimum Gasteiger partial charge on any atom is -0.392 e. The average Bonchev–Trinajstić information content (AvgIpc) is 2.49. The molecule has 1 aromatic heterocycles. The maximum Gasteiger partial charge on any atom is 0.108 e. The van der Waals surface area contributed by atoms with Crippen molar-refractivity contribution in [3.63, 3.8) is 0 Å². The molecule has 12 heavy (non-hydrogen) atoms. The van der Waals surface area contributed by atoms with Crippen LogP contribution in [-0.4, -0.2) is 14.5 Å². The van der Waals surface area contributed by atoms with Gasteiger partial charge in [-0.05, 0) is 6.92 Å². The molecule has 3 nitrogen and oxygen atoms in total. The summed E-state index contributed by atoms with van der Waals surface area (Å²) in [6, 6.07) is 0.0671. The van der Waals surface area contributed by atoms with E-state index in [1.807, 2.05) is 17.7 Å². The summed E-state index contributed by atoms with van der Waals surface area (Å²) in [5.41, 5.74) is 5.53. The van der Waals surface area contributed by atoms with E-state index in [9.17, 15) is 0 Å². The monoisotopic (exact) mass is 183 g/mol. The van der Waals surface area contributed by atoms with Crippen molar-refractivity contribution in [1.29, 1.82) is 0 Å². The third-order valence-corrected chi connectivity index (χ3v) is 2.24. The molecule has 0 aromatic carbocycles. The Balaban J connectivity index is 2.93. The van der Waals surface area contributed by atoms with Gasteiger partial charge in [-0.25, -0.2) is 4.98 Å². The Hall–Kier alpha value is -0.900. The average molecular weight is 183 g/mol. The van der Waals surface area contributed by atoms with E-state index >= 15 is 0 Å². The number of rotatable bonds is 3. The van der Waals surface area contributed by atoms with Crippen LogP contribution in [0.5, 0.6) is 0 Å². The highest BCUT2D eigenvalue weighted by Crippen LogP contribution is 2.09. The fourth-order valence-electron chi connectivity index (χ4n) is 1.11. The topological polar surface area (TPSA) is 43.8 Å². The van der Waals surface area contributed by atoms with Crippen molar-refractivity contribution >= 4 is 17.2 Å². The van der Waals surface area contributed by atoms with E-state index in [4.69, 9.17) is 18.0 Å². The zero-order valence-electron chi connectivity index (χ0n) is 7.32. The summed E-state index contributed by atoms with van der Waals surface area (Å²) in [6.45, 7) is 4.04. The van der Waals surface area contributed by atoms with Gasteiger partial charge in [-0.3, -0.25) is 0 Å². The number of hydrogen-bond acceptors (Lipinski definition) is 2.